The van der Waals surface area contributed by atoms with Crippen LogP contribution in [0, 0.1) is 0 Å². The maximum Gasteiger partial charge on any atom is 2.00 e. The quantitative estimate of drug-likeness (QED) is 0.117. The van der Waals surface area contributed by atoms with Crippen molar-refractivity contribution in [1.29, 1.82) is 0 Å². The second-order valence-corrected chi connectivity index (χ2v) is 42.1. The second kappa shape index (κ2) is 13.9. The Morgan fingerprint density at radius 3 is 1.04 bits per heavy atom. The van der Waals surface area contributed by atoms with E-state index < -0.39 is 10.8 Å². The Morgan fingerprint density at radius 2 is 0.598 bits per heavy atom. The topological polar surface area (TPSA) is 109 Å². The third-order valence-corrected chi connectivity index (χ3v) is 35.5. The Morgan fingerprint density at radius 1 is 0.282 bits per heavy atom. The maximum absolute atomic E-state index is 5.95. The van der Waals surface area contributed by atoms with E-state index in [0.717, 1.165) is 55.9 Å². The van der Waals surface area contributed by atoms with E-state index in [1.807, 2.05) is 0 Å². The average molecular weight is 1520 g/mol. The maximum atomic E-state index is 5.95. The molecule has 0 N–H and O–H groups in total. The summed E-state index contributed by atoms with van der Waals surface area (Å²) < 4.78 is 0. The molecule has 8 bridgehead atoms. The number of rotatable bonds is 1. The minimum Gasteiger partial charge on any atom is -0.357 e. The first kappa shape index (κ1) is 54.1. The Kier molecular flexibility index (Phi) is 6.44. The summed E-state index contributed by atoms with van der Waals surface area (Å²) in [6.07, 6.45) is 0. The molecule has 3 aromatic heterocycles. The van der Waals surface area contributed by atoms with Crippen LogP contribution in [0.1, 0.15) is 113 Å². The van der Waals surface area contributed by atoms with Gasteiger partial charge in [0.1, 0.15) is 0 Å². The van der Waals surface area contributed by atoms with Crippen LogP contribution in [0.3, 0.4) is 0 Å². The van der Waals surface area contributed by atoms with Crippen LogP contribution in [0.25, 0.3) is 381 Å². The monoisotopic (exact) mass is 1520 g/mol. The number of nitrogens with zero attached hydrogens (tertiary/aromatic N) is 9. The number of fused-ring (bicyclic) bond motifs is 20. The second-order valence-electron chi connectivity index (χ2n) is 42.1. The molecule has 35 aromatic rings. The number of likely N-dealkylation sites (tertiary alicyclic amines) is 1. The minimum atomic E-state index is -0.587. The fraction of sp³-hybridized carbons (Fsp3) is 0.159. The Bertz CT molecular complexity index is 11100. The standard InChI is InChI=1S/C107H45N9.Cu/c1-103(2,3)25-15-18-28-32(21-25)100-109-95-27-17-14-24(20-31(27)99(108-95)113-98-30-12-11-13-34(105(7,8)9)35(30)102(115-98)114-97-29-19-16-26(104(4,5)6)22-33(29)101(112-97)111-96(28)110-100)94-107-92-85-77-65-57-48-39-37-36-38-42(39)51-58-56-47(38)49-45-40(36)43-44-41(37)46-50(48)63(65)71-69-55(46)53(44)61-60-52(43)54(45)68-70-62(49)64(56)76-78-66(58)67(59(51)57)79(77)88(92)87(78)90-83(76)81(70)84-74(68)72(60)80-73(61)75(69)86(82(71)85)93(107)89(80)91(84)106(90,107)23-116(94)10;/h11-22,94H,23H2,1-10H3;/q-2;+2. The molecule has 3 unspecified atom stereocenters. The summed E-state index contributed by atoms with van der Waals surface area (Å²) in [5, 5.41) is 91.0. The molecule has 10 heteroatoms. The van der Waals surface area contributed by atoms with Crippen molar-refractivity contribution in [3.63, 3.8) is 0 Å². The van der Waals surface area contributed by atoms with E-state index in [2.05, 4.69) is 147 Å². The fourth-order valence-corrected chi connectivity index (χ4v) is 33.0. The van der Waals surface area contributed by atoms with Gasteiger partial charge in [0.2, 0.25) is 0 Å². The number of hydrogen-bond donors (Lipinski definition) is 0. The van der Waals surface area contributed by atoms with Gasteiger partial charge in [0.25, 0.3) is 0 Å². The number of benzene rings is 21. The van der Waals surface area contributed by atoms with E-state index in [-0.39, 0.29) is 39.4 Å². The third-order valence-electron chi connectivity index (χ3n) is 35.5. The molecular weight excluding hydrogens is 1470 g/mol. The van der Waals surface area contributed by atoms with Crippen LogP contribution in [0.4, 0.5) is 0 Å². The zero-order valence-corrected chi connectivity index (χ0v) is 65.0. The molecule has 4 aliphatic carbocycles. The molecule has 0 amide bonds. The molecule has 1 radical (unpaired) electrons. The first-order valence-corrected chi connectivity index (χ1v) is 42.2. The van der Waals surface area contributed by atoms with Crippen LogP contribution in [0.2, 0.25) is 0 Å². The SMILES string of the molecule is CN1CC23c4c5c6c7c8c9c(c%10c%11c2c2c%12c4c4c%13c5c5c7c7c8c8c%14c9c%10c9c%10c%11c2c2c%11c%12c4c4c%12c%13c5c5c7c7c8c8c%14c9c9c%10c2c2c%11c4c4c%12c5c7c5c8c9c2c45)C63C1c1ccc2c(c1)-c1nc-2nc2[n-]c(nc3nc(nc4[n-]c(n1)c1cccc(C(C)(C)C)c41)-c1ccc(C(C)(C)C)cc1-3)c1ccc(C(C)(C)C)cc21.[Cu+2]. The zero-order chi connectivity index (χ0) is 73.5. The van der Waals surface area contributed by atoms with Gasteiger partial charge >= 0.3 is 17.1 Å². The number of hydrogen-bond acceptors (Lipinski definition) is 7. The van der Waals surface area contributed by atoms with Crippen molar-refractivity contribution in [1.82, 2.24) is 44.8 Å². The molecule has 117 heavy (non-hydrogen) atoms. The Hall–Kier alpha value is -12.8. The van der Waals surface area contributed by atoms with Crippen molar-refractivity contribution in [2.75, 3.05) is 13.6 Å². The van der Waals surface area contributed by atoms with Gasteiger partial charge in [-0.15, -0.1) is 0 Å². The summed E-state index contributed by atoms with van der Waals surface area (Å²) in [4.78, 5) is 48.4. The molecule has 3 atom stereocenters. The van der Waals surface area contributed by atoms with Gasteiger partial charge in [-0.2, -0.15) is 0 Å². The van der Waals surface area contributed by atoms with Crippen molar-refractivity contribution in [2.45, 2.75) is 95.4 Å². The first-order valence-electron chi connectivity index (χ1n) is 42.2. The molecular formula is C107H45CuN9. The van der Waals surface area contributed by atoms with Crippen molar-refractivity contribution in [2.24, 2.45) is 0 Å². The van der Waals surface area contributed by atoms with Crippen molar-refractivity contribution < 1.29 is 17.1 Å². The van der Waals surface area contributed by atoms with E-state index in [0.29, 0.717) is 45.9 Å². The summed E-state index contributed by atoms with van der Waals surface area (Å²) >= 11 is 0. The predicted molar refractivity (Wildman–Crippen MR) is 479 cm³/mol. The van der Waals surface area contributed by atoms with E-state index in [4.69, 9.17) is 39.9 Å². The summed E-state index contributed by atoms with van der Waals surface area (Å²) in [5.41, 5.74) is 16.0. The third kappa shape index (κ3) is 4.00. The van der Waals surface area contributed by atoms with Crippen LogP contribution in [0.5, 0.6) is 0 Å². The molecule has 529 valence electrons. The molecule has 1 fully saturated rings. The summed E-state index contributed by atoms with van der Waals surface area (Å²) in [6.45, 7) is 21.4. The summed E-state index contributed by atoms with van der Waals surface area (Å²) in [6, 6.07) is 27.4. The summed E-state index contributed by atoms with van der Waals surface area (Å²) in [7, 11) is 2.57. The van der Waals surface area contributed by atoms with E-state index in [1.165, 1.54) is 16.7 Å². The average Bonchev–Trinajstić information content (AvgIpc) is 1.38. The smallest absolute Gasteiger partial charge is 0.357 e. The molecule has 9 nitrogen and oxygen atoms in total. The van der Waals surface area contributed by atoms with Gasteiger partial charge in [-0.3, -0.25) is 4.90 Å². The largest absolute Gasteiger partial charge is 2.00 e. The van der Waals surface area contributed by atoms with Gasteiger partial charge < -0.3 is 29.9 Å². The van der Waals surface area contributed by atoms with Gasteiger partial charge in [-0.25, -0.2) is 9.97 Å². The van der Waals surface area contributed by atoms with E-state index in [1.54, 1.807) is 313 Å². The van der Waals surface area contributed by atoms with Crippen molar-refractivity contribution >= 4 is 335 Å². The molecule has 32 aromatic carbocycles. The minimum absolute atomic E-state index is 0. The molecule has 6 heterocycles. The van der Waals surface area contributed by atoms with Gasteiger partial charge in [-0.05, 0) is 398 Å². The van der Waals surface area contributed by atoms with Crippen LogP contribution >= 0.6 is 0 Å². The summed E-state index contributed by atoms with van der Waals surface area (Å²) in [5.74, 6) is 2.32. The van der Waals surface area contributed by atoms with E-state index in [9.17, 15) is 0 Å². The first-order chi connectivity index (χ1) is 56.5. The zero-order valence-electron chi connectivity index (χ0n) is 64.0. The normalized spacial score (nSPS) is 19.7. The van der Waals surface area contributed by atoms with Crippen LogP contribution in [-0.2, 0) is 44.1 Å². The molecule has 3 aliphatic heterocycles. The van der Waals surface area contributed by atoms with Crippen LogP contribution in [-0.4, -0.2) is 48.4 Å². The molecule has 0 saturated carbocycles. The number of aromatic nitrogens is 8. The Balaban J connectivity index is 0.00000594. The Labute approximate surface area is 663 Å². The molecule has 1 saturated heterocycles. The van der Waals surface area contributed by atoms with E-state index >= 15 is 0 Å². The van der Waals surface area contributed by atoms with Gasteiger partial charge in [0.15, 0.2) is 0 Å². The number of likely N-dealkylation sites (N-methyl/N-ethyl adjacent to an activating group) is 1. The van der Waals surface area contributed by atoms with Gasteiger partial charge in [-0.1, -0.05) is 117 Å². The van der Waals surface area contributed by atoms with Crippen molar-refractivity contribution in [3.05, 3.63) is 117 Å². The van der Waals surface area contributed by atoms with Crippen molar-refractivity contribution in [3.8, 4) is 45.6 Å². The predicted octanol–water partition coefficient (Wildman–Crippen LogP) is 26.3. The van der Waals surface area contributed by atoms with Gasteiger partial charge in [0.05, 0.1) is 34.1 Å². The molecule has 2 spiro atoms. The fourth-order valence-electron chi connectivity index (χ4n) is 33.0. The van der Waals surface area contributed by atoms with Crippen LogP contribution < -0.4 is 9.97 Å². The van der Waals surface area contributed by atoms with Crippen LogP contribution in [0.15, 0.2) is 72.8 Å². The molecule has 42 rings (SSSR count). The molecule has 7 aliphatic rings. The van der Waals surface area contributed by atoms with Gasteiger partial charge in [0, 0.05) is 57.4 Å².